The van der Waals surface area contributed by atoms with Crippen molar-refractivity contribution < 1.29 is 4.39 Å². The van der Waals surface area contributed by atoms with Gasteiger partial charge in [0.1, 0.15) is 5.82 Å². The predicted octanol–water partition coefficient (Wildman–Crippen LogP) is 1.44. The van der Waals surface area contributed by atoms with Gasteiger partial charge in [-0.3, -0.25) is 4.99 Å². The highest BCUT2D eigenvalue weighted by molar-refractivity contribution is 5.81. The van der Waals surface area contributed by atoms with Crippen LogP contribution in [0.25, 0.3) is 0 Å². The number of benzene rings is 1. The van der Waals surface area contributed by atoms with Gasteiger partial charge in [0.25, 0.3) is 0 Å². The van der Waals surface area contributed by atoms with E-state index in [1.165, 1.54) is 6.07 Å². The summed E-state index contributed by atoms with van der Waals surface area (Å²) in [5.41, 5.74) is 0.661. The van der Waals surface area contributed by atoms with E-state index in [1.54, 1.807) is 12.1 Å². The molecule has 2 rings (SSSR count). The molecule has 1 aliphatic heterocycles. The van der Waals surface area contributed by atoms with Gasteiger partial charge in [0.05, 0.1) is 12.6 Å². The Hall–Kier alpha value is -1.58. The van der Waals surface area contributed by atoms with Gasteiger partial charge in [-0.15, -0.1) is 0 Å². The predicted molar refractivity (Wildman–Crippen MR) is 58.3 cm³/mol. The second-order valence-corrected chi connectivity index (χ2v) is 3.54. The highest BCUT2D eigenvalue weighted by atomic mass is 19.1. The quantitative estimate of drug-likeness (QED) is 0.769. The van der Waals surface area contributed by atoms with Crippen LogP contribution in [0.1, 0.15) is 18.5 Å². The van der Waals surface area contributed by atoms with Crippen molar-refractivity contribution in [3.8, 4) is 0 Å². The Balaban J connectivity index is 2.07. The Kier molecular flexibility index (Phi) is 2.85. The second kappa shape index (κ2) is 4.29. The molecule has 1 aromatic carbocycles. The van der Waals surface area contributed by atoms with E-state index in [2.05, 4.69) is 15.6 Å². The molecule has 0 amide bonds. The summed E-state index contributed by atoms with van der Waals surface area (Å²) >= 11 is 0. The van der Waals surface area contributed by atoms with Gasteiger partial charge in [0.2, 0.25) is 0 Å². The van der Waals surface area contributed by atoms with Crippen molar-refractivity contribution in [2.75, 3.05) is 13.1 Å². The second-order valence-electron chi connectivity index (χ2n) is 3.54. The van der Waals surface area contributed by atoms with Crippen LogP contribution in [-0.4, -0.2) is 19.0 Å². The molecule has 0 unspecified atom stereocenters. The van der Waals surface area contributed by atoms with Crippen LogP contribution >= 0.6 is 0 Å². The fourth-order valence-corrected chi connectivity index (χ4v) is 1.60. The molecular weight excluding hydrogens is 193 g/mol. The third-order valence-corrected chi connectivity index (χ3v) is 2.40. The van der Waals surface area contributed by atoms with E-state index < -0.39 is 0 Å². The Morgan fingerprint density at radius 2 is 2.27 bits per heavy atom. The molecule has 4 heteroatoms. The van der Waals surface area contributed by atoms with E-state index in [-0.39, 0.29) is 11.9 Å². The number of nitrogens with zero attached hydrogens (tertiary/aromatic N) is 1. The van der Waals surface area contributed by atoms with E-state index in [4.69, 9.17) is 0 Å². The summed E-state index contributed by atoms with van der Waals surface area (Å²) in [6, 6.07) is 6.70. The standard InChI is InChI=1S/C11H14FN3/c1-8(15-11-13-6-7-14-11)9-4-2-3-5-10(9)12/h2-5,8H,6-7H2,1H3,(H2,13,14,15)/t8-/m1/s1. The zero-order chi connectivity index (χ0) is 10.7. The van der Waals surface area contributed by atoms with Gasteiger partial charge in [0, 0.05) is 12.1 Å². The SMILES string of the molecule is C[C@@H](NC1=NCCN1)c1ccccc1F. The molecule has 0 radical (unpaired) electrons. The van der Waals surface area contributed by atoms with Gasteiger partial charge in [-0.05, 0) is 13.0 Å². The molecule has 0 aliphatic carbocycles. The molecule has 80 valence electrons. The van der Waals surface area contributed by atoms with Gasteiger partial charge in [-0.2, -0.15) is 0 Å². The Morgan fingerprint density at radius 3 is 2.93 bits per heavy atom. The summed E-state index contributed by atoms with van der Waals surface area (Å²) in [5, 5.41) is 6.23. The van der Waals surface area contributed by atoms with Crippen molar-refractivity contribution in [2.45, 2.75) is 13.0 Å². The molecule has 0 spiro atoms. The molecule has 1 aromatic rings. The number of rotatable bonds is 2. The number of halogens is 1. The van der Waals surface area contributed by atoms with Crippen LogP contribution < -0.4 is 10.6 Å². The lowest BCUT2D eigenvalue weighted by molar-refractivity contribution is 0.577. The van der Waals surface area contributed by atoms with Gasteiger partial charge in [0.15, 0.2) is 5.96 Å². The van der Waals surface area contributed by atoms with E-state index in [0.29, 0.717) is 5.56 Å². The first-order chi connectivity index (χ1) is 7.27. The molecule has 0 fully saturated rings. The van der Waals surface area contributed by atoms with E-state index in [0.717, 1.165) is 19.0 Å². The smallest absolute Gasteiger partial charge is 0.191 e. The van der Waals surface area contributed by atoms with Crippen LogP contribution in [0.15, 0.2) is 29.3 Å². The maximum Gasteiger partial charge on any atom is 0.191 e. The summed E-state index contributed by atoms with van der Waals surface area (Å²) in [6.45, 7) is 3.56. The van der Waals surface area contributed by atoms with E-state index >= 15 is 0 Å². The topological polar surface area (TPSA) is 36.4 Å². The average molecular weight is 207 g/mol. The molecule has 3 nitrogen and oxygen atoms in total. The van der Waals surface area contributed by atoms with Crippen molar-refractivity contribution >= 4 is 5.96 Å². The number of nitrogens with one attached hydrogen (secondary N) is 2. The van der Waals surface area contributed by atoms with Gasteiger partial charge < -0.3 is 10.6 Å². The number of guanidine groups is 1. The Labute approximate surface area is 88.4 Å². The first kappa shape index (κ1) is 9.96. The van der Waals surface area contributed by atoms with Crippen molar-refractivity contribution in [3.05, 3.63) is 35.6 Å². The molecule has 1 atom stereocenters. The Morgan fingerprint density at radius 1 is 1.47 bits per heavy atom. The molecule has 1 aliphatic rings. The summed E-state index contributed by atoms with van der Waals surface area (Å²) in [5.74, 6) is 0.571. The Bertz CT molecular complexity index is 376. The normalized spacial score (nSPS) is 16.8. The number of aliphatic imine (C=N–C) groups is 1. The minimum atomic E-state index is -0.184. The molecule has 0 aromatic heterocycles. The van der Waals surface area contributed by atoms with Gasteiger partial charge >= 0.3 is 0 Å². The van der Waals surface area contributed by atoms with Crippen molar-refractivity contribution in [1.82, 2.24) is 10.6 Å². The first-order valence-electron chi connectivity index (χ1n) is 5.06. The van der Waals surface area contributed by atoms with Crippen LogP contribution in [0.4, 0.5) is 4.39 Å². The fourth-order valence-electron chi connectivity index (χ4n) is 1.60. The fraction of sp³-hybridized carbons (Fsp3) is 0.364. The van der Waals surface area contributed by atoms with Gasteiger partial charge in [-0.1, -0.05) is 18.2 Å². The molecule has 0 saturated heterocycles. The molecule has 15 heavy (non-hydrogen) atoms. The summed E-state index contributed by atoms with van der Waals surface area (Å²) in [4.78, 5) is 4.20. The van der Waals surface area contributed by atoms with E-state index in [9.17, 15) is 4.39 Å². The largest absolute Gasteiger partial charge is 0.355 e. The molecule has 1 heterocycles. The van der Waals surface area contributed by atoms with Crippen molar-refractivity contribution in [2.24, 2.45) is 4.99 Å². The third kappa shape index (κ3) is 2.26. The molecule has 0 saturated carbocycles. The van der Waals surface area contributed by atoms with Gasteiger partial charge in [-0.25, -0.2) is 4.39 Å². The third-order valence-electron chi connectivity index (χ3n) is 2.40. The van der Waals surface area contributed by atoms with Crippen LogP contribution in [0.2, 0.25) is 0 Å². The van der Waals surface area contributed by atoms with Crippen LogP contribution in [-0.2, 0) is 0 Å². The molecular formula is C11H14FN3. The zero-order valence-electron chi connectivity index (χ0n) is 8.63. The molecule has 2 N–H and O–H groups in total. The lowest BCUT2D eigenvalue weighted by atomic mass is 10.1. The molecule has 0 bridgehead atoms. The van der Waals surface area contributed by atoms with Crippen molar-refractivity contribution in [3.63, 3.8) is 0 Å². The highest BCUT2D eigenvalue weighted by Crippen LogP contribution is 2.15. The lowest BCUT2D eigenvalue weighted by Crippen LogP contribution is -2.35. The minimum absolute atomic E-state index is 0.0736. The maximum atomic E-state index is 13.4. The summed E-state index contributed by atoms with van der Waals surface area (Å²) in [7, 11) is 0. The van der Waals surface area contributed by atoms with E-state index in [1.807, 2.05) is 13.0 Å². The van der Waals surface area contributed by atoms with Crippen LogP contribution in [0.5, 0.6) is 0 Å². The van der Waals surface area contributed by atoms with Crippen LogP contribution in [0, 0.1) is 5.82 Å². The lowest BCUT2D eigenvalue weighted by Gasteiger charge is -2.15. The van der Waals surface area contributed by atoms with Crippen LogP contribution in [0.3, 0.4) is 0 Å². The monoisotopic (exact) mass is 207 g/mol. The first-order valence-corrected chi connectivity index (χ1v) is 5.06. The summed E-state index contributed by atoms with van der Waals surface area (Å²) < 4.78 is 13.4. The minimum Gasteiger partial charge on any atom is -0.355 e. The average Bonchev–Trinajstić information content (AvgIpc) is 2.71. The maximum absolute atomic E-state index is 13.4. The number of hydrogen-bond acceptors (Lipinski definition) is 3. The summed E-state index contributed by atoms with van der Waals surface area (Å²) in [6.07, 6.45) is 0. The highest BCUT2D eigenvalue weighted by Gasteiger charge is 2.13. The van der Waals surface area contributed by atoms with Crippen molar-refractivity contribution in [1.29, 1.82) is 0 Å². The number of hydrogen-bond donors (Lipinski definition) is 2. The zero-order valence-corrected chi connectivity index (χ0v) is 8.63.